The lowest BCUT2D eigenvalue weighted by Crippen LogP contribution is -1.93. The highest BCUT2D eigenvalue weighted by atomic mass is 16.5. The number of aliphatic carboxylic acids is 1. The van der Waals surface area contributed by atoms with E-state index in [-0.39, 0.29) is 0 Å². The van der Waals surface area contributed by atoms with Crippen molar-refractivity contribution >= 4 is 5.97 Å². The number of ether oxygens (including phenoxy) is 1. The van der Waals surface area contributed by atoms with E-state index >= 15 is 0 Å². The zero-order valence-corrected chi connectivity index (χ0v) is 15.2. The van der Waals surface area contributed by atoms with Crippen LogP contribution in [0.15, 0.2) is 12.5 Å². The molecule has 0 spiro atoms. The number of unbranched alkanes of at least 4 members (excludes halogenated alkanes) is 14. The Morgan fingerprint density at radius 1 is 0.696 bits per heavy atom. The molecule has 1 rings (SSSR count). The summed E-state index contributed by atoms with van der Waals surface area (Å²) >= 11 is 0. The van der Waals surface area contributed by atoms with Gasteiger partial charge in [-0.3, -0.25) is 4.79 Å². The molecule has 3 heteroatoms. The zero-order valence-electron chi connectivity index (χ0n) is 15.2. The first-order chi connectivity index (χ1) is 11.3. The summed E-state index contributed by atoms with van der Waals surface area (Å²) in [4.78, 5) is 10.3. The third-order valence-corrected chi connectivity index (χ3v) is 4.13. The highest BCUT2D eigenvalue weighted by Crippen LogP contribution is 2.13. The molecule has 136 valence electrons. The molecule has 0 saturated heterocycles. The second-order valence-corrected chi connectivity index (χ2v) is 6.50. The van der Waals surface area contributed by atoms with Crippen LogP contribution in [0.5, 0.6) is 0 Å². The second-order valence-electron chi connectivity index (χ2n) is 6.50. The highest BCUT2D eigenvalue weighted by Gasteiger charge is 1.97. The van der Waals surface area contributed by atoms with Crippen molar-refractivity contribution in [1.82, 2.24) is 0 Å². The summed E-state index contributed by atoms with van der Waals surface area (Å²) in [7, 11) is 0. The van der Waals surface area contributed by atoms with Gasteiger partial charge < -0.3 is 9.84 Å². The van der Waals surface area contributed by atoms with Gasteiger partial charge in [-0.05, 0) is 6.42 Å². The number of carbonyl (C=O) groups is 1. The molecular formula is C20H38O3. The number of hydrogen-bond donors (Lipinski definition) is 1. The summed E-state index contributed by atoms with van der Waals surface area (Å²) in [5, 5.41) is 8.52. The van der Waals surface area contributed by atoms with Gasteiger partial charge in [-0.25, -0.2) is 0 Å². The van der Waals surface area contributed by atoms with Crippen LogP contribution in [-0.4, -0.2) is 11.1 Å². The molecule has 23 heavy (non-hydrogen) atoms. The van der Waals surface area contributed by atoms with Gasteiger partial charge in [0.15, 0.2) is 0 Å². The van der Waals surface area contributed by atoms with Gasteiger partial charge in [0.1, 0.15) is 12.5 Å². The van der Waals surface area contributed by atoms with E-state index in [1.54, 1.807) is 12.5 Å². The minimum absolute atomic E-state index is 0.345. The van der Waals surface area contributed by atoms with Crippen molar-refractivity contribution in [2.24, 2.45) is 0 Å². The molecule has 0 aromatic carbocycles. The summed E-state index contributed by atoms with van der Waals surface area (Å²) in [5.74, 6) is -0.653. The Labute approximate surface area is 143 Å². The molecule has 1 N–H and O–H groups in total. The Kier molecular flexibility index (Phi) is 18.2. The third-order valence-electron chi connectivity index (χ3n) is 4.13. The Balaban J connectivity index is 0.00000143. The average Bonchev–Trinajstić information content (AvgIpc) is 3.39. The smallest absolute Gasteiger partial charge is 0.303 e. The van der Waals surface area contributed by atoms with E-state index in [2.05, 4.69) is 11.7 Å². The SMILES string of the molecule is C1=CO1.CCCCCCCCCCCCCCCCCC(=O)O. The van der Waals surface area contributed by atoms with Crippen molar-refractivity contribution in [2.45, 2.75) is 110 Å². The predicted molar refractivity (Wildman–Crippen MR) is 97.4 cm³/mol. The Morgan fingerprint density at radius 3 is 1.26 bits per heavy atom. The van der Waals surface area contributed by atoms with Crippen LogP contribution in [0.2, 0.25) is 0 Å². The molecule has 0 saturated carbocycles. The fourth-order valence-corrected chi connectivity index (χ4v) is 2.65. The van der Waals surface area contributed by atoms with Gasteiger partial charge in [-0.1, -0.05) is 96.8 Å². The van der Waals surface area contributed by atoms with Crippen molar-refractivity contribution in [3.05, 3.63) is 12.5 Å². The quantitative estimate of drug-likeness (QED) is 0.316. The van der Waals surface area contributed by atoms with E-state index in [0.717, 1.165) is 12.8 Å². The molecule has 3 nitrogen and oxygen atoms in total. The lowest BCUT2D eigenvalue weighted by Gasteiger charge is -2.03. The van der Waals surface area contributed by atoms with E-state index in [1.807, 2.05) is 0 Å². The number of carboxylic acid groups (broad SMARTS) is 1. The van der Waals surface area contributed by atoms with Crippen LogP contribution >= 0.6 is 0 Å². The standard InChI is InChI=1S/C18H36O2.C2H2O/c1-2-3-4-5-6-7-8-9-10-11-12-13-14-15-16-17-18(19)20;1-2-3-1/h2-17H2,1H3,(H,19,20);1-2H. The van der Waals surface area contributed by atoms with E-state index < -0.39 is 5.97 Å². The van der Waals surface area contributed by atoms with E-state index in [9.17, 15) is 4.79 Å². The number of rotatable bonds is 16. The maximum atomic E-state index is 10.3. The first kappa shape index (κ1) is 22.0. The Morgan fingerprint density at radius 2 is 1.00 bits per heavy atom. The fraction of sp³-hybridized carbons (Fsp3) is 0.850. The summed E-state index contributed by atoms with van der Waals surface area (Å²) in [5.41, 5.74) is 0. The lowest BCUT2D eigenvalue weighted by atomic mass is 10.0. The molecule has 0 bridgehead atoms. The largest absolute Gasteiger partial charge is 0.481 e. The first-order valence-corrected chi connectivity index (χ1v) is 9.79. The van der Waals surface area contributed by atoms with Gasteiger partial charge in [0.25, 0.3) is 0 Å². The molecule has 0 radical (unpaired) electrons. The Hall–Kier alpha value is -0.990. The summed E-state index contributed by atoms with van der Waals surface area (Å²) < 4.78 is 4.25. The molecule has 1 heterocycles. The molecule has 0 aliphatic carbocycles. The zero-order chi connectivity index (χ0) is 17.0. The summed E-state index contributed by atoms with van der Waals surface area (Å²) in [6, 6.07) is 0. The lowest BCUT2D eigenvalue weighted by molar-refractivity contribution is -0.137. The molecule has 0 atom stereocenters. The Bertz CT molecular complexity index is 270. The van der Waals surface area contributed by atoms with Crippen LogP contribution in [0.1, 0.15) is 110 Å². The number of carboxylic acids is 1. The van der Waals surface area contributed by atoms with E-state index in [1.165, 1.54) is 83.5 Å². The molecule has 0 amide bonds. The van der Waals surface area contributed by atoms with Gasteiger partial charge in [-0.2, -0.15) is 0 Å². The van der Waals surface area contributed by atoms with Crippen molar-refractivity contribution < 1.29 is 14.6 Å². The molecule has 0 aromatic rings. The first-order valence-electron chi connectivity index (χ1n) is 9.79. The summed E-state index contributed by atoms with van der Waals surface area (Å²) in [6.45, 7) is 2.27. The van der Waals surface area contributed by atoms with Crippen LogP contribution in [0, 0.1) is 0 Å². The van der Waals surface area contributed by atoms with Gasteiger partial charge in [0.2, 0.25) is 0 Å². The van der Waals surface area contributed by atoms with Gasteiger partial charge in [0.05, 0.1) is 0 Å². The molecular weight excluding hydrogens is 288 g/mol. The van der Waals surface area contributed by atoms with Gasteiger partial charge in [0, 0.05) is 6.42 Å². The molecule has 1 aliphatic heterocycles. The maximum absolute atomic E-state index is 10.3. The van der Waals surface area contributed by atoms with Gasteiger partial charge in [-0.15, -0.1) is 0 Å². The van der Waals surface area contributed by atoms with E-state index in [4.69, 9.17) is 5.11 Å². The predicted octanol–water partition coefficient (Wildman–Crippen LogP) is 6.82. The summed E-state index contributed by atoms with van der Waals surface area (Å²) in [6.07, 6.45) is 23.4. The fourth-order valence-electron chi connectivity index (χ4n) is 2.65. The van der Waals surface area contributed by atoms with Crippen LogP contribution in [0.25, 0.3) is 0 Å². The van der Waals surface area contributed by atoms with Crippen molar-refractivity contribution in [3.8, 4) is 0 Å². The minimum Gasteiger partial charge on any atom is -0.481 e. The van der Waals surface area contributed by atoms with Crippen LogP contribution in [0.4, 0.5) is 0 Å². The van der Waals surface area contributed by atoms with Crippen LogP contribution < -0.4 is 0 Å². The third kappa shape index (κ3) is 26.2. The molecule has 0 fully saturated rings. The second kappa shape index (κ2) is 19.1. The molecule has 0 unspecified atom stereocenters. The van der Waals surface area contributed by atoms with Gasteiger partial charge >= 0.3 is 5.97 Å². The highest BCUT2D eigenvalue weighted by molar-refractivity contribution is 5.66. The topological polar surface area (TPSA) is 49.8 Å². The normalized spacial score (nSPS) is 11.5. The van der Waals surface area contributed by atoms with Crippen molar-refractivity contribution in [2.75, 3.05) is 0 Å². The monoisotopic (exact) mass is 326 g/mol. The maximum Gasteiger partial charge on any atom is 0.303 e. The minimum atomic E-state index is -0.653. The molecule has 0 aromatic heterocycles. The van der Waals surface area contributed by atoms with Crippen molar-refractivity contribution in [1.29, 1.82) is 0 Å². The van der Waals surface area contributed by atoms with Crippen LogP contribution in [0.3, 0.4) is 0 Å². The average molecular weight is 327 g/mol. The van der Waals surface area contributed by atoms with Crippen LogP contribution in [-0.2, 0) is 9.53 Å². The van der Waals surface area contributed by atoms with E-state index in [0.29, 0.717) is 6.42 Å². The molecule has 1 aliphatic rings. The van der Waals surface area contributed by atoms with Crippen molar-refractivity contribution in [3.63, 3.8) is 0 Å². The number of hydrogen-bond acceptors (Lipinski definition) is 2.